The lowest BCUT2D eigenvalue weighted by atomic mass is 10.1. The minimum absolute atomic E-state index is 0.0107. The Balaban J connectivity index is 1.50. The summed E-state index contributed by atoms with van der Waals surface area (Å²) < 4.78 is 10.9. The lowest BCUT2D eigenvalue weighted by molar-refractivity contribution is -0.134. The number of ether oxygens (including phenoxy) is 2. The third-order valence-corrected chi connectivity index (χ3v) is 5.37. The first kappa shape index (κ1) is 22.0. The monoisotopic (exact) mass is 430 g/mol. The fourth-order valence-electron chi connectivity index (χ4n) is 3.45. The second-order valence-electron chi connectivity index (χ2n) is 7.20. The van der Waals surface area contributed by atoms with E-state index in [2.05, 4.69) is 6.92 Å². The van der Waals surface area contributed by atoms with Crippen molar-refractivity contribution in [3.05, 3.63) is 58.6 Å². The van der Waals surface area contributed by atoms with Crippen molar-refractivity contribution in [1.29, 1.82) is 0 Å². The van der Waals surface area contributed by atoms with Crippen molar-refractivity contribution in [2.24, 2.45) is 0 Å². The summed E-state index contributed by atoms with van der Waals surface area (Å²) in [7, 11) is 1.52. The van der Waals surface area contributed by atoms with Crippen molar-refractivity contribution >= 4 is 23.4 Å². The summed E-state index contributed by atoms with van der Waals surface area (Å²) in [6.07, 6.45) is 2.13. The highest BCUT2D eigenvalue weighted by atomic mass is 35.5. The van der Waals surface area contributed by atoms with Crippen LogP contribution in [0.1, 0.15) is 29.3 Å². The minimum atomic E-state index is -0.148. The first-order valence-electron chi connectivity index (χ1n) is 10.1. The zero-order valence-electron chi connectivity index (χ0n) is 17.4. The predicted molar refractivity (Wildman–Crippen MR) is 116 cm³/mol. The number of piperazine rings is 1. The van der Waals surface area contributed by atoms with Gasteiger partial charge in [0.25, 0.3) is 11.8 Å². The highest BCUT2D eigenvalue weighted by molar-refractivity contribution is 6.31. The zero-order chi connectivity index (χ0) is 21.5. The second-order valence-corrected chi connectivity index (χ2v) is 7.64. The molecule has 7 heteroatoms. The number of rotatable bonds is 7. The third-order valence-electron chi connectivity index (χ3n) is 5.14. The summed E-state index contributed by atoms with van der Waals surface area (Å²) in [5, 5.41) is 0.479. The average molecular weight is 431 g/mol. The van der Waals surface area contributed by atoms with Crippen molar-refractivity contribution in [3.63, 3.8) is 0 Å². The topological polar surface area (TPSA) is 59.1 Å². The van der Waals surface area contributed by atoms with Crippen LogP contribution < -0.4 is 9.47 Å². The molecule has 1 saturated heterocycles. The van der Waals surface area contributed by atoms with Gasteiger partial charge in [-0.25, -0.2) is 0 Å². The first-order valence-corrected chi connectivity index (χ1v) is 10.5. The van der Waals surface area contributed by atoms with E-state index in [1.807, 2.05) is 24.3 Å². The van der Waals surface area contributed by atoms with Gasteiger partial charge >= 0.3 is 0 Å². The Morgan fingerprint density at radius 1 is 1.00 bits per heavy atom. The van der Waals surface area contributed by atoms with Gasteiger partial charge in [0.05, 0.1) is 12.7 Å². The summed E-state index contributed by atoms with van der Waals surface area (Å²) in [6.45, 7) is 3.96. The Morgan fingerprint density at radius 2 is 1.67 bits per heavy atom. The number of carbonyl (C=O) groups is 2. The molecule has 1 aliphatic rings. The summed E-state index contributed by atoms with van der Waals surface area (Å²) in [6, 6.07) is 12.8. The van der Waals surface area contributed by atoms with Gasteiger partial charge in [-0.2, -0.15) is 0 Å². The molecule has 2 aromatic rings. The molecule has 1 heterocycles. The molecular weight excluding hydrogens is 404 g/mol. The van der Waals surface area contributed by atoms with Gasteiger partial charge in [-0.3, -0.25) is 9.59 Å². The Morgan fingerprint density at radius 3 is 2.30 bits per heavy atom. The van der Waals surface area contributed by atoms with Crippen LogP contribution in [-0.4, -0.2) is 61.5 Å². The number of aryl methyl sites for hydroxylation is 1. The van der Waals surface area contributed by atoms with E-state index in [4.69, 9.17) is 21.1 Å². The number of carbonyl (C=O) groups excluding carboxylic acids is 2. The maximum absolute atomic E-state index is 12.9. The maximum atomic E-state index is 12.9. The van der Waals surface area contributed by atoms with Gasteiger partial charge in [-0.15, -0.1) is 0 Å². The fourth-order valence-corrected chi connectivity index (χ4v) is 3.63. The van der Waals surface area contributed by atoms with E-state index in [-0.39, 0.29) is 18.4 Å². The largest absolute Gasteiger partial charge is 0.496 e. The maximum Gasteiger partial charge on any atom is 0.260 e. The normalized spacial score (nSPS) is 13.8. The molecule has 0 aromatic heterocycles. The van der Waals surface area contributed by atoms with E-state index >= 15 is 0 Å². The number of hydrogen-bond acceptors (Lipinski definition) is 4. The molecule has 0 atom stereocenters. The van der Waals surface area contributed by atoms with Crippen LogP contribution >= 0.6 is 11.6 Å². The van der Waals surface area contributed by atoms with Crippen molar-refractivity contribution in [1.82, 2.24) is 9.80 Å². The van der Waals surface area contributed by atoms with E-state index in [9.17, 15) is 9.59 Å². The fraction of sp³-hybridized carbons (Fsp3) is 0.391. The summed E-state index contributed by atoms with van der Waals surface area (Å²) >= 11 is 6.04. The third kappa shape index (κ3) is 5.45. The first-order chi connectivity index (χ1) is 14.5. The molecule has 1 aliphatic heterocycles. The SMILES string of the molecule is CCCc1ccc(OCC(=O)N2CCN(C(=O)c3cc(Cl)ccc3OC)CC2)cc1. The van der Waals surface area contributed by atoms with E-state index in [0.29, 0.717) is 48.3 Å². The van der Waals surface area contributed by atoms with Crippen molar-refractivity contribution in [2.45, 2.75) is 19.8 Å². The Kier molecular flexibility index (Phi) is 7.57. The lowest BCUT2D eigenvalue weighted by Gasteiger charge is -2.35. The van der Waals surface area contributed by atoms with Gasteiger partial charge in [0.15, 0.2) is 6.61 Å². The molecule has 0 unspecified atom stereocenters. The Labute approximate surface area is 182 Å². The van der Waals surface area contributed by atoms with E-state index in [1.165, 1.54) is 12.7 Å². The molecule has 0 spiro atoms. The summed E-state index contributed by atoms with van der Waals surface area (Å²) in [5.74, 6) is 0.941. The van der Waals surface area contributed by atoms with Gasteiger partial charge in [0.2, 0.25) is 0 Å². The van der Waals surface area contributed by atoms with Crippen LogP contribution in [0.2, 0.25) is 5.02 Å². The Hall–Kier alpha value is -2.73. The van der Waals surface area contributed by atoms with E-state index in [0.717, 1.165) is 12.8 Å². The smallest absolute Gasteiger partial charge is 0.260 e. The van der Waals surface area contributed by atoms with Gasteiger partial charge in [-0.05, 0) is 42.3 Å². The summed E-state index contributed by atoms with van der Waals surface area (Å²) in [5.41, 5.74) is 1.69. The molecule has 0 radical (unpaired) electrons. The molecule has 6 nitrogen and oxygen atoms in total. The van der Waals surface area contributed by atoms with Gasteiger partial charge in [0.1, 0.15) is 11.5 Å². The molecule has 0 N–H and O–H groups in total. The van der Waals surface area contributed by atoms with Crippen LogP contribution in [-0.2, 0) is 11.2 Å². The number of hydrogen-bond donors (Lipinski definition) is 0. The van der Waals surface area contributed by atoms with Crippen LogP contribution in [0.15, 0.2) is 42.5 Å². The molecule has 2 amide bonds. The van der Waals surface area contributed by atoms with Crippen molar-refractivity contribution < 1.29 is 19.1 Å². The number of methoxy groups -OCH3 is 1. The number of amides is 2. The molecule has 0 aliphatic carbocycles. The highest BCUT2D eigenvalue weighted by Crippen LogP contribution is 2.24. The molecule has 0 saturated carbocycles. The standard InChI is InChI=1S/C23H27ClN2O4/c1-3-4-17-5-8-19(9-6-17)30-16-22(27)25-11-13-26(14-12-25)23(28)20-15-18(24)7-10-21(20)29-2/h5-10,15H,3-4,11-14,16H2,1-2H3. The number of benzene rings is 2. The Bertz CT molecular complexity index is 877. The van der Waals surface area contributed by atoms with Gasteiger partial charge in [0, 0.05) is 31.2 Å². The quantitative estimate of drug-likeness (QED) is 0.672. The van der Waals surface area contributed by atoms with Crippen LogP contribution in [0.25, 0.3) is 0 Å². The van der Waals surface area contributed by atoms with Crippen molar-refractivity contribution in [3.8, 4) is 11.5 Å². The average Bonchev–Trinajstić information content (AvgIpc) is 2.78. The molecule has 1 fully saturated rings. The van der Waals surface area contributed by atoms with Crippen LogP contribution in [0.5, 0.6) is 11.5 Å². The second kappa shape index (κ2) is 10.3. The minimum Gasteiger partial charge on any atom is -0.496 e. The van der Waals surface area contributed by atoms with E-state index in [1.54, 1.807) is 28.0 Å². The molecule has 0 bridgehead atoms. The molecule has 2 aromatic carbocycles. The lowest BCUT2D eigenvalue weighted by Crippen LogP contribution is -2.51. The molecule has 160 valence electrons. The van der Waals surface area contributed by atoms with Crippen LogP contribution in [0, 0.1) is 0 Å². The molecule has 30 heavy (non-hydrogen) atoms. The number of nitrogens with zero attached hydrogens (tertiary/aromatic N) is 2. The van der Waals surface area contributed by atoms with E-state index < -0.39 is 0 Å². The highest BCUT2D eigenvalue weighted by Gasteiger charge is 2.26. The number of halogens is 1. The van der Waals surface area contributed by atoms with Crippen LogP contribution in [0.4, 0.5) is 0 Å². The van der Waals surface area contributed by atoms with Gasteiger partial charge in [-0.1, -0.05) is 37.1 Å². The van der Waals surface area contributed by atoms with Gasteiger partial charge < -0.3 is 19.3 Å². The molecular formula is C23H27ClN2O4. The molecule has 3 rings (SSSR count). The summed E-state index contributed by atoms with van der Waals surface area (Å²) in [4.78, 5) is 28.8. The zero-order valence-corrected chi connectivity index (χ0v) is 18.2. The van der Waals surface area contributed by atoms with Crippen molar-refractivity contribution in [2.75, 3.05) is 39.9 Å². The predicted octanol–water partition coefficient (Wildman–Crippen LogP) is 3.66. The van der Waals surface area contributed by atoms with Crippen LogP contribution in [0.3, 0.4) is 0 Å².